The predicted octanol–water partition coefficient (Wildman–Crippen LogP) is 5.09. The first-order chi connectivity index (χ1) is 15.8. The van der Waals surface area contributed by atoms with Crippen LogP contribution in [0.2, 0.25) is 5.15 Å². The summed E-state index contributed by atoms with van der Waals surface area (Å²) >= 11 is 6.38. The molecule has 2 aliphatic rings. The van der Waals surface area contributed by atoms with Crippen LogP contribution < -0.4 is 5.32 Å². The lowest BCUT2D eigenvalue weighted by Crippen LogP contribution is -2.19. The standard InChI is InChI=1S/C23H27ClN4O4S/c1-14-25-22-17(13-20(24)27-23(22)28(14)21-7-3-4-10-32-21)26-16-9-8-15(18-6-5-11-31-18)12-19(16)33(2,29)30/h8-9,12-13,18,21H,3-7,10-11H2,1-2H3,(H,26,27)/t18-,21?/m0/s1. The van der Waals surface area contributed by atoms with Crippen LogP contribution >= 0.6 is 11.6 Å². The first-order valence-electron chi connectivity index (χ1n) is 11.2. The average Bonchev–Trinajstić information content (AvgIpc) is 3.42. The third-order valence-electron chi connectivity index (χ3n) is 6.21. The highest BCUT2D eigenvalue weighted by molar-refractivity contribution is 7.90. The summed E-state index contributed by atoms with van der Waals surface area (Å²) in [6.07, 6.45) is 5.85. The molecule has 0 spiro atoms. The van der Waals surface area contributed by atoms with Gasteiger partial charge in [-0.15, -0.1) is 0 Å². The molecule has 3 aromatic rings. The number of hydrogen-bond donors (Lipinski definition) is 1. The van der Waals surface area contributed by atoms with E-state index in [2.05, 4.69) is 10.3 Å². The van der Waals surface area contributed by atoms with Gasteiger partial charge in [0.2, 0.25) is 0 Å². The van der Waals surface area contributed by atoms with E-state index in [0.717, 1.165) is 43.5 Å². The highest BCUT2D eigenvalue weighted by Crippen LogP contribution is 2.36. The van der Waals surface area contributed by atoms with Crippen molar-refractivity contribution in [2.24, 2.45) is 0 Å². The van der Waals surface area contributed by atoms with Crippen LogP contribution in [0.1, 0.15) is 55.8 Å². The minimum atomic E-state index is -3.50. The maximum atomic E-state index is 12.7. The molecule has 0 saturated carbocycles. The number of halogens is 1. The minimum absolute atomic E-state index is 0.0736. The second-order valence-corrected chi connectivity index (χ2v) is 11.0. The highest BCUT2D eigenvalue weighted by atomic mass is 35.5. The van der Waals surface area contributed by atoms with Crippen LogP contribution in [-0.2, 0) is 19.3 Å². The number of anilines is 2. The van der Waals surface area contributed by atoms with Crippen molar-refractivity contribution in [3.05, 3.63) is 40.8 Å². The summed E-state index contributed by atoms with van der Waals surface area (Å²) in [5.41, 5.74) is 3.16. The summed E-state index contributed by atoms with van der Waals surface area (Å²) in [5, 5.41) is 3.55. The topological polar surface area (TPSA) is 95.3 Å². The molecule has 33 heavy (non-hydrogen) atoms. The van der Waals surface area contributed by atoms with E-state index in [-0.39, 0.29) is 17.2 Å². The number of aryl methyl sites for hydroxylation is 1. The Morgan fingerprint density at radius 2 is 1.88 bits per heavy atom. The first-order valence-corrected chi connectivity index (χ1v) is 13.5. The Morgan fingerprint density at radius 1 is 1.06 bits per heavy atom. The summed E-state index contributed by atoms with van der Waals surface area (Å²) in [5.74, 6) is 0.770. The van der Waals surface area contributed by atoms with E-state index < -0.39 is 9.84 Å². The zero-order chi connectivity index (χ0) is 23.2. The molecule has 0 amide bonds. The number of nitrogens with one attached hydrogen (secondary N) is 1. The number of imidazole rings is 1. The van der Waals surface area contributed by atoms with Crippen molar-refractivity contribution in [3.63, 3.8) is 0 Å². The fourth-order valence-corrected chi connectivity index (χ4v) is 5.70. The van der Waals surface area contributed by atoms with Crippen LogP contribution in [0.15, 0.2) is 29.2 Å². The normalized spacial score (nSPS) is 21.5. The lowest BCUT2D eigenvalue weighted by molar-refractivity contribution is -0.0309. The van der Waals surface area contributed by atoms with Gasteiger partial charge in [0.05, 0.1) is 22.4 Å². The molecule has 4 heterocycles. The van der Waals surface area contributed by atoms with Gasteiger partial charge in [-0.05, 0) is 56.7 Å². The van der Waals surface area contributed by atoms with E-state index >= 15 is 0 Å². The lowest BCUT2D eigenvalue weighted by atomic mass is 10.1. The molecule has 5 rings (SSSR count). The molecule has 0 aliphatic carbocycles. The van der Waals surface area contributed by atoms with Crippen molar-refractivity contribution < 1.29 is 17.9 Å². The molecule has 2 atom stereocenters. The smallest absolute Gasteiger partial charge is 0.177 e. The van der Waals surface area contributed by atoms with E-state index in [1.165, 1.54) is 6.26 Å². The fourth-order valence-electron chi connectivity index (χ4n) is 4.64. The fraction of sp³-hybridized carbons (Fsp3) is 0.478. The number of rotatable bonds is 5. The molecule has 176 valence electrons. The van der Waals surface area contributed by atoms with E-state index in [0.29, 0.717) is 40.9 Å². The Labute approximate surface area is 198 Å². The van der Waals surface area contributed by atoms with E-state index in [1.54, 1.807) is 18.2 Å². The third kappa shape index (κ3) is 4.47. The van der Waals surface area contributed by atoms with E-state index in [9.17, 15) is 8.42 Å². The van der Waals surface area contributed by atoms with Crippen molar-refractivity contribution in [1.29, 1.82) is 0 Å². The van der Waals surface area contributed by atoms with Crippen LogP contribution in [0.5, 0.6) is 0 Å². The molecule has 10 heteroatoms. The number of nitrogens with zero attached hydrogens (tertiary/aromatic N) is 3. The number of pyridine rings is 1. The monoisotopic (exact) mass is 490 g/mol. The molecular formula is C23H27ClN4O4S. The third-order valence-corrected chi connectivity index (χ3v) is 7.54. The van der Waals surface area contributed by atoms with Gasteiger partial charge in [0, 0.05) is 25.5 Å². The molecule has 2 fully saturated rings. The molecule has 2 saturated heterocycles. The Balaban J connectivity index is 1.58. The summed E-state index contributed by atoms with van der Waals surface area (Å²) in [6.45, 7) is 3.30. The zero-order valence-corrected chi connectivity index (χ0v) is 20.2. The number of fused-ring (bicyclic) bond motifs is 1. The maximum absolute atomic E-state index is 12.7. The van der Waals surface area contributed by atoms with Crippen LogP contribution in [0, 0.1) is 6.92 Å². The van der Waals surface area contributed by atoms with Crippen LogP contribution in [0.3, 0.4) is 0 Å². The van der Waals surface area contributed by atoms with Gasteiger partial charge in [-0.1, -0.05) is 17.7 Å². The SMILES string of the molecule is Cc1nc2c(Nc3ccc([C@@H]4CCCO4)cc3S(C)(=O)=O)cc(Cl)nc2n1C1CCCCO1. The maximum Gasteiger partial charge on any atom is 0.177 e. The predicted molar refractivity (Wildman–Crippen MR) is 127 cm³/mol. The largest absolute Gasteiger partial charge is 0.374 e. The first kappa shape index (κ1) is 22.6. The second kappa shape index (κ2) is 8.87. The molecule has 8 nitrogen and oxygen atoms in total. The van der Waals surface area contributed by atoms with Gasteiger partial charge in [-0.2, -0.15) is 0 Å². The number of hydrogen-bond acceptors (Lipinski definition) is 7. The molecular weight excluding hydrogens is 464 g/mol. The van der Waals surface area contributed by atoms with E-state index in [4.69, 9.17) is 26.1 Å². The number of sulfone groups is 1. The van der Waals surface area contributed by atoms with Gasteiger partial charge in [-0.25, -0.2) is 18.4 Å². The van der Waals surface area contributed by atoms with Crippen molar-refractivity contribution >= 4 is 44.0 Å². The van der Waals surface area contributed by atoms with Crippen molar-refractivity contribution in [3.8, 4) is 0 Å². The van der Waals surface area contributed by atoms with Gasteiger partial charge in [-0.3, -0.25) is 4.57 Å². The molecule has 0 bridgehead atoms. The van der Waals surface area contributed by atoms with E-state index in [1.807, 2.05) is 17.6 Å². The van der Waals surface area contributed by atoms with Crippen LogP contribution in [0.4, 0.5) is 11.4 Å². The van der Waals surface area contributed by atoms with Crippen molar-refractivity contribution in [1.82, 2.24) is 14.5 Å². The summed E-state index contributed by atoms with van der Waals surface area (Å²) in [6, 6.07) is 7.06. The molecule has 2 aliphatic heterocycles. The summed E-state index contributed by atoms with van der Waals surface area (Å²) in [7, 11) is -3.50. The molecule has 1 unspecified atom stereocenters. The number of ether oxygens (including phenoxy) is 2. The van der Waals surface area contributed by atoms with Gasteiger partial charge in [0.1, 0.15) is 22.7 Å². The van der Waals surface area contributed by atoms with Gasteiger partial charge in [0.25, 0.3) is 0 Å². The van der Waals surface area contributed by atoms with Gasteiger partial charge < -0.3 is 14.8 Å². The average molecular weight is 491 g/mol. The molecule has 0 radical (unpaired) electrons. The van der Waals surface area contributed by atoms with Crippen molar-refractivity contribution in [2.45, 2.75) is 56.3 Å². The Bertz CT molecular complexity index is 1300. The molecule has 1 aromatic carbocycles. The van der Waals surface area contributed by atoms with Gasteiger partial charge in [0.15, 0.2) is 15.5 Å². The van der Waals surface area contributed by atoms with Gasteiger partial charge >= 0.3 is 0 Å². The van der Waals surface area contributed by atoms with Crippen LogP contribution in [-0.4, -0.2) is 42.4 Å². The molecule has 1 N–H and O–H groups in total. The molecule has 2 aromatic heterocycles. The number of benzene rings is 1. The lowest BCUT2D eigenvalue weighted by Gasteiger charge is -2.25. The number of aromatic nitrogens is 3. The Kier molecular flexibility index (Phi) is 6.07. The minimum Gasteiger partial charge on any atom is -0.374 e. The Hall–Kier alpha value is -2.20. The summed E-state index contributed by atoms with van der Waals surface area (Å²) < 4.78 is 39.0. The quantitative estimate of drug-likeness (QED) is 0.497. The highest BCUT2D eigenvalue weighted by Gasteiger charge is 2.25. The van der Waals surface area contributed by atoms with Crippen LogP contribution in [0.25, 0.3) is 11.2 Å². The zero-order valence-electron chi connectivity index (χ0n) is 18.7. The second-order valence-electron chi connectivity index (χ2n) is 8.67. The van der Waals surface area contributed by atoms with Crippen molar-refractivity contribution in [2.75, 3.05) is 24.8 Å². The Morgan fingerprint density at radius 3 is 2.58 bits per heavy atom. The summed E-state index contributed by atoms with van der Waals surface area (Å²) in [4.78, 5) is 9.46.